The van der Waals surface area contributed by atoms with Gasteiger partial charge in [-0.3, -0.25) is 4.79 Å². The number of anilines is 1. The zero-order valence-electron chi connectivity index (χ0n) is 16.0. The molecule has 11 heteroatoms. The van der Waals surface area contributed by atoms with Crippen molar-refractivity contribution in [2.45, 2.75) is 37.5 Å². The summed E-state index contributed by atoms with van der Waals surface area (Å²) < 4.78 is 42.1. The molecule has 2 unspecified atom stereocenters. The monoisotopic (exact) mass is 439 g/mol. The first-order valence-corrected chi connectivity index (χ1v) is 11.1. The van der Waals surface area contributed by atoms with Gasteiger partial charge in [0.05, 0.1) is 12.1 Å². The Balaban J connectivity index is 1.24. The lowest BCUT2D eigenvalue weighted by Crippen LogP contribution is -2.71. The number of carbonyl (C=O) groups is 1. The molecule has 4 aliphatic rings. The summed E-state index contributed by atoms with van der Waals surface area (Å²) in [6.07, 6.45) is -0.266. The van der Waals surface area contributed by atoms with Gasteiger partial charge in [-0.15, -0.1) is 0 Å². The second-order valence-corrected chi connectivity index (χ2v) is 9.13. The van der Waals surface area contributed by atoms with Crippen LogP contribution >= 0.6 is 11.8 Å². The number of thioether (sulfide) groups is 1. The van der Waals surface area contributed by atoms with Gasteiger partial charge in [0, 0.05) is 30.8 Å². The Kier molecular flexibility index (Phi) is 4.87. The molecule has 30 heavy (non-hydrogen) atoms. The van der Waals surface area contributed by atoms with Crippen molar-refractivity contribution >= 4 is 23.5 Å². The number of halogens is 3. The number of carbonyl (C=O) groups excluding carboxylic acids is 1. The van der Waals surface area contributed by atoms with Gasteiger partial charge in [0.25, 0.3) is 0 Å². The topological polar surface area (TPSA) is 75.4 Å². The van der Waals surface area contributed by atoms with Crippen LogP contribution in [0.15, 0.2) is 22.9 Å². The fraction of sp³-hybridized carbons (Fsp3) is 0.579. The molecule has 0 aliphatic carbocycles. The Morgan fingerprint density at radius 1 is 1.17 bits per heavy atom. The minimum atomic E-state index is -4.67. The molecule has 2 aromatic rings. The first-order valence-electron chi connectivity index (χ1n) is 9.92. The van der Waals surface area contributed by atoms with Crippen LogP contribution in [0.5, 0.6) is 0 Å². The van der Waals surface area contributed by atoms with E-state index in [1.807, 2.05) is 11.8 Å². The molecule has 4 saturated heterocycles. The first kappa shape index (κ1) is 19.7. The maximum absolute atomic E-state index is 12.9. The smallest absolute Gasteiger partial charge is 0.352 e. The van der Waals surface area contributed by atoms with E-state index in [2.05, 4.69) is 29.4 Å². The Morgan fingerprint density at radius 3 is 2.50 bits per heavy atom. The van der Waals surface area contributed by atoms with E-state index < -0.39 is 12.1 Å². The summed E-state index contributed by atoms with van der Waals surface area (Å²) in [5.74, 6) is 1.80. The van der Waals surface area contributed by atoms with Gasteiger partial charge in [-0.25, -0.2) is 4.98 Å². The molecule has 2 atom stereocenters. The van der Waals surface area contributed by atoms with E-state index in [-0.39, 0.29) is 23.8 Å². The van der Waals surface area contributed by atoms with Crippen LogP contribution in [0.3, 0.4) is 0 Å². The molecule has 0 radical (unpaired) electrons. The van der Waals surface area contributed by atoms with E-state index in [1.165, 1.54) is 6.20 Å². The molecule has 6 rings (SSSR count). The van der Waals surface area contributed by atoms with Crippen molar-refractivity contribution < 1.29 is 22.5 Å². The van der Waals surface area contributed by atoms with Gasteiger partial charge >= 0.3 is 12.1 Å². The lowest BCUT2D eigenvalue weighted by atomic mass is 9.85. The van der Waals surface area contributed by atoms with Crippen molar-refractivity contribution in [2.75, 3.05) is 29.5 Å². The van der Waals surface area contributed by atoms with Gasteiger partial charge in [0.2, 0.25) is 11.7 Å². The van der Waals surface area contributed by atoms with Crippen LogP contribution in [0.4, 0.5) is 19.0 Å². The second kappa shape index (κ2) is 7.44. The van der Waals surface area contributed by atoms with Gasteiger partial charge in [0.1, 0.15) is 5.82 Å². The Bertz CT molecular complexity index is 917. The SMILES string of the molecule is O=C(C1CCSCC1)N1C2CC1CN(c1ccc(-c3noc(C(F)(F)F)n3)cn1)C2. The molecule has 160 valence electrons. The van der Waals surface area contributed by atoms with E-state index in [4.69, 9.17) is 0 Å². The molecular weight excluding hydrogens is 419 g/mol. The number of piperazine rings is 1. The molecule has 0 aromatic carbocycles. The van der Waals surface area contributed by atoms with Crippen molar-refractivity contribution in [3.8, 4) is 11.4 Å². The fourth-order valence-electron chi connectivity index (χ4n) is 4.47. The molecule has 6 heterocycles. The third kappa shape index (κ3) is 3.52. The highest BCUT2D eigenvalue weighted by Gasteiger charge is 2.48. The van der Waals surface area contributed by atoms with Crippen LogP contribution in [0.2, 0.25) is 0 Å². The standard InChI is InChI=1S/C19H20F3N5O2S/c20-19(21,22)18-24-16(25-29-18)12-1-2-15(23-8-12)26-9-13-7-14(10-26)27(13)17(28)11-3-5-30-6-4-11/h1-2,8,11,13-14H,3-7,9-10H2. The quantitative estimate of drug-likeness (QED) is 0.728. The van der Waals surface area contributed by atoms with Gasteiger partial charge in [-0.1, -0.05) is 5.16 Å². The number of aromatic nitrogens is 3. The molecule has 2 bridgehead atoms. The molecule has 2 aromatic heterocycles. The zero-order valence-corrected chi connectivity index (χ0v) is 16.8. The minimum Gasteiger partial charge on any atom is -0.352 e. The van der Waals surface area contributed by atoms with Crippen LogP contribution in [0, 0.1) is 5.92 Å². The maximum atomic E-state index is 12.9. The predicted molar refractivity (Wildman–Crippen MR) is 104 cm³/mol. The molecule has 0 spiro atoms. The summed E-state index contributed by atoms with van der Waals surface area (Å²) in [4.78, 5) is 24.9. The average Bonchev–Trinajstić information content (AvgIpc) is 3.25. The van der Waals surface area contributed by atoms with Crippen LogP contribution in [-0.2, 0) is 11.0 Å². The molecule has 4 fully saturated rings. The number of nitrogens with zero attached hydrogens (tertiary/aromatic N) is 5. The molecule has 7 nitrogen and oxygen atoms in total. The van der Waals surface area contributed by atoms with Crippen molar-refractivity contribution in [3.05, 3.63) is 24.2 Å². The van der Waals surface area contributed by atoms with E-state index in [0.29, 0.717) is 11.5 Å². The number of hydrogen-bond acceptors (Lipinski definition) is 7. The maximum Gasteiger partial charge on any atom is 0.471 e. The van der Waals surface area contributed by atoms with Crippen molar-refractivity contribution in [2.24, 2.45) is 5.92 Å². The number of piperidine rings is 1. The van der Waals surface area contributed by atoms with Gasteiger partial charge in [-0.2, -0.15) is 29.9 Å². The lowest BCUT2D eigenvalue weighted by Gasteiger charge is -2.57. The number of amides is 1. The number of rotatable bonds is 3. The van der Waals surface area contributed by atoms with E-state index in [1.54, 1.807) is 12.1 Å². The van der Waals surface area contributed by atoms with Crippen LogP contribution < -0.4 is 4.90 Å². The second-order valence-electron chi connectivity index (χ2n) is 7.91. The highest BCUT2D eigenvalue weighted by molar-refractivity contribution is 7.99. The Labute approximate surface area is 175 Å². The number of fused-ring (bicyclic) bond motifs is 2. The van der Waals surface area contributed by atoms with E-state index in [0.717, 1.165) is 49.7 Å². The van der Waals surface area contributed by atoms with Crippen molar-refractivity contribution in [1.82, 2.24) is 20.0 Å². The van der Waals surface area contributed by atoms with E-state index in [9.17, 15) is 18.0 Å². The highest BCUT2D eigenvalue weighted by Crippen LogP contribution is 2.37. The summed E-state index contributed by atoms with van der Waals surface area (Å²) in [5.41, 5.74) is 0.354. The molecular formula is C19H20F3N5O2S. The third-order valence-corrected chi connectivity index (χ3v) is 7.07. The summed E-state index contributed by atoms with van der Waals surface area (Å²) in [5, 5.41) is 3.38. The van der Waals surface area contributed by atoms with Crippen molar-refractivity contribution in [3.63, 3.8) is 0 Å². The first-order chi connectivity index (χ1) is 14.4. The molecule has 0 saturated carbocycles. The highest BCUT2D eigenvalue weighted by atomic mass is 32.2. The largest absolute Gasteiger partial charge is 0.471 e. The van der Waals surface area contributed by atoms with Gasteiger partial charge in [0.15, 0.2) is 0 Å². The number of alkyl halides is 3. The average molecular weight is 439 g/mol. The minimum absolute atomic E-state index is 0.148. The summed E-state index contributed by atoms with van der Waals surface area (Å²) in [6, 6.07) is 3.79. The fourth-order valence-corrected chi connectivity index (χ4v) is 5.58. The number of hydrogen-bond donors (Lipinski definition) is 0. The predicted octanol–water partition coefficient (Wildman–Crippen LogP) is 3.08. The number of pyridine rings is 1. The normalized spacial score (nSPS) is 24.6. The summed E-state index contributed by atoms with van der Waals surface area (Å²) >= 11 is 1.92. The summed E-state index contributed by atoms with van der Waals surface area (Å²) in [7, 11) is 0. The molecule has 1 amide bonds. The lowest BCUT2D eigenvalue weighted by molar-refractivity contribution is -0.159. The van der Waals surface area contributed by atoms with Crippen LogP contribution in [0.25, 0.3) is 11.4 Å². The Hall–Kier alpha value is -2.30. The van der Waals surface area contributed by atoms with Gasteiger partial charge in [-0.05, 0) is 42.9 Å². The van der Waals surface area contributed by atoms with Gasteiger partial charge < -0.3 is 14.3 Å². The Morgan fingerprint density at radius 2 is 1.90 bits per heavy atom. The van der Waals surface area contributed by atoms with E-state index >= 15 is 0 Å². The zero-order chi connectivity index (χ0) is 20.9. The van der Waals surface area contributed by atoms with Crippen LogP contribution in [0.1, 0.15) is 25.2 Å². The third-order valence-electron chi connectivity index (χ3n) is 6.02. The van der Waals surface area contributed by atoms with Crippen molar-refractivity contribution in [1.29, 1.82) is 0 Å². The summed E-state index contributed by atoms with van der Waals surface area (Å²) in [6.45, 7) is 1.44. The molecule has 0 N–H and O–H groups in total. The van der Waals surface area contributed by atoms with Crippen LogP contribution in [-0.4, -0.2) is 62.6 Å². The molecule has 4 aliphatic heterocycles.